The highest BCUT2D eigenvalue weighted by Gasteiger charge is 2.30. The van der Waals surface area contributed by atoms with Gasteiger partial charge in [0.2, 0.25) is 5.91 Å². The molecule has 1 fully saturated rings. The summed E-state index contributed by atoms with van der Waals surface area (Å²) < 4.78 is 25.1. The number of likely N-dealkylation sites (tertiary alicyclic amines) is 1. The summed E-state index contributed by atoms with van der Waals surface area (Å²) >= 11 is 0. The standard InChI is InChI=1S/C26H28FN3O3/c27-20-6-3-5-19(16-20)21-17-28-26(29-21)22-7-1-2-12-30(22)25(31)11-9-18-8-10-23-24(15-18)33-14-4-13-32-23/h3,5-6,8,10,15-17,22H,1-2,4,7,9,11-14H2,(H,28,29). The molecular formula is C26H28FN3O3. The van der Waals surface area contributed by atoms with Gasteiger partial charge in [-0.1, -0.05) is 18.2 Å². The minimum absolute atomic E-state index is 0.0858. The summed E-state index contributed by atoms with van der Waals surface area (Å²) in [7, 11) is 0. The Hall–Kier alpha value is -3.35. The third kappa shape index (κ3) is 4.87. The van der Waals surface area contributed by atoms with Crippen LogP contribution in [-0.4, -0.2) is 40.5 Å². The van der Waals surface area contributed by atoms with Crippen molar-refractivity contribution in [2.24, 2.45) is 0 Å². The van der Waals surface area contributed by atoms with Gasteiger partial charge in [-0.25, -0.2) is 9.37 Å². The van der Waals surface area contributed by atoms with Gasteiger partial charge in [-0.15, -0.1) is 0 Å². The Morgan fingerprint density at radius 2 is 1.97 bits per heavy atom. The maximum absolute atomic E-state index is 13.6. The van der Waals surface area contributed by atoms with Crippen molar-refractivity contribution in [1.82, 2.24) is 14.9 Å². The SMILES string of the molecule is O=C(CCc1ccc2c(c1)OCCCO2)N1CCCCC1c1ncc(-c2cccc(F)c2)[nH]1. The van der Waals surface area contributed by atoms with Crippen molar-refractivity contribution < 1.29 is 18.7 Å². The average molecular weight is 450 g/mol. The lowest BCUT2D eigenvalue weighted by atomic mass is 10.00. The smallest absolute Gasteiger partial charge is 0.223 e. The molecular weight excluding hydrogens is 421 g/mol. The lowest BCUT2D eigenvalue weighted by Gasteiger charge is -2.34. The molecule has 6 nitrogen and oxygen atoms in total. The number of hydrogen-bond donors (Lipinski definition) is 1. The molecule has 2 aromatic carbocycles. The number of imidazole rings is 1. The van der Waals surface area contributed by atoms with E-state index in [1.165, 1.54) is 12.1 Å². The van der Waals surface area contributed by atoms with E-state index in [-0.39, 0.29) is 17.8 Å². The van der Waals surface area contributed by atoms with E-state index in [0.717, 1.165) is 66.4 Å². The zero-order valence-corrected chi connectivity index (χ0v) is 18.6. The summed E-state index contributed by atoms with van der Waals surface area (Å²) in [6.45, 7) is 2.03. The molecule has 0 bridgehead atoms. The lowest BCUT2D eigenvalue weighted by molar-refractivity contribution is -0.135. The van der Waals surface area contributed by atoms with Crippen LogP contribution in [-0.2, 0) is 11.2 Å². The maximum Gasteiger partial charge on any atom is 0.223 e. The number of benzene rings is 2. The molecule has 0 saturated carbocycles. The second-order valence-electron chi connectivity index (χ2n) is 8.62. The molecule has 1 unspecified atom stereocenters. The molecule has 1 N–H and O–H groups in total. The van der Waals surface area contributed by atoms with Crippen LogP contribution in [0.4, 0.5) is 4.39 Å². The average Bonchev–Trinajstić information content (AvgIpc) is 3.22. The van der Waals surface area contributed by atoms with Crippen molar-refractivity contribution >= 4 is 5.91 Å². The highest BCUT2D eigenvalue weighted by Crippen LogP contribution is 2.33. The lowest BCUT2D eigenvalue weighted by Crippen LogP contribution is -2.39. The molecule has 172 valence electrons. The molecule has 0 aliphatic carbocycles. The van der Waals surface area contributed by atoms with Crippen LogP contribution in [0.25, 0.3) is 11.3 Å². The predicted octanol–water partition coefficient (Wildman–Crippen LogP) is 5.06. The van der Waals surface area contributed by atoms with Crippen molar-refractivity contribution in [3.8, 4) is 22.8 Å². The van der Waals surface area contributed by atoms with Gasteiger partial charge in [-0.3, -0.25) is 4.79 Å². The number of ether oxygens (including phenoxy) is 2. The fourth-order valence-corrected chi connectivity index (χ4v) is 4.58. The molecule has 1 amide bonds. The van der Waals surface area contributed by atoms with Crippen molar-refractivity contribution in [2.75, 3.05) is 19.8 Å². The summed E-state index contributed by atoms with van der Waals surface area (Å²) in [5.74, 6) is 2.13. The first kappa shape index (κ1) is 21.5. The third-order valence-electron chi connectivity index (χ3n) is 6.31. The molecule has 33 heavy (non-hydrogen) atoms. The molecule has 3 heterocycles. The number of aromatic nitrogens is 2. The quantitative estimate of drug-likeness (QED) is 0.591. The van der Waals surface area contributed by atoms with Gasteiger partial charge in [-0.2, -0.15) is 0 Å². The Labute approximate surface area is 192 Å². The fraction of sp³-hybridized carbons (Fsp3) is 0.385. The van der Waals surface area contributed by atoms with Crippen molar-refractivity contribution in [2.45, 2.75) is 44.6 Å². The van der Waals surface area contributed by atoms with Crippen LogP contribution in [0.5, 0.6) is 11.5 Å². The Morgan fingerprint density at radius 1 is 1.09 bits per heavy atom. The van der Waals surface area contributed by atoms with E-state index in [2.05, 4.69) is 9.97 Å². The van der Waals surface area contributed by atoms with Crippen molar-refractivity contribution in [1.29, 1.82) is 0 Å². The van der Waals surface area contributed by atoms with Crippen LogP contribution in [0.15, 0.2) is 48.7 Å². The summed E-state index contributed by atoms with van der Waals surface area (Å²) in [4.78, 5) is 23.0. The highest BCUT2D eigenvalue weighted by atomic mass is 19.1. The summed E-state index contributed by atoms with van der Waals surface area (Å²) in [5.41, 5.74) is 2.57. The molecule has 1 atom stereocenters. The minimum Gasteiger partial charge on any atom is -0.490 e. The summed E-state index contributed by atoms with van der Waals surface area (Å²) in [6, 6.07) is 12.3. The second-order valence-corrected chi connectivity index (χ2v) is 8.62. The molecule has 1 aromatic heterocycles. The van der Waals surface area contributed by atoms with Crippen LogP contribution in [0.2, 0.25) is 0 Å². The Balaban J connectivity index is 1.27. The molecule has 5 rings (SSSR count). The first-order valence-electron chi connectivity index (χ1n) is 11.7. The Morgan fingerprint density at radius 3 is 2.85 bits per heavy atom. The number of fused-ring (bicyclic) bond motifs is 1. The number of aryl methyl sites for hydroxylation is 1. The molecule has 7 heteroatoms. The molecule has 1 saturated heterocycles. The number of rotatable bonds is 5. The van der Waals surface area contributed by atoms with Crippen molar-refractivity contribution in [3.63, 3.8) is 0 Å². The first-order valence-corrected chi connectivity index (χ1v) is 11.7. The monoisotopic (exact) mass is 449 g/mol. The van der Waals surface area contributed by atoms with E-state index in [4.69, 9.17) is 9.47 Å². The Kier molecular flexibility index (Phi) is 6.28. The topological polar surface area (TPSA) is 67.5 Å². The van der Waals surface area contributed by atoms with Crippen LogP contribution in [0.1, 0.15) is 49.5 Å². The van der Waals surface area contributed by atoms with E-state index in [1.54, 1.807) is 12.3 Å². The van der Waals surface area contributed by atoms with E-state index < -0.39 is 0 Å². The zero-order valence-electron chi connectivity index (χ0n) is 18.6. The highest BCUT2D eigenvalue weighted by molar-refractivity contribution is 5.77. The number of nitrogens with zero attached hydrogens (tertiary/aromatic N) is 2. The number of halogens is 1. The van der Waals surface area contributed by atoms with Gasteiger partial charge in [0.05, 0.1) is 31.1 Å². The van der Waals surface area contributed by atoms with E-state index in [0.29, 0.717) is 26.1 Å². The minimum atomic E-state index is -0.284. The fourth-order valence-electron chi connectivity index (χ4n) is 4.58. The number of hydrogen-bond acceptors (Lipinski definition) is 4. The van der Waals surface area contributed by atoms with Gasteiger partial charge in [0.25, 0.3) is 0 Å². The van der Waals surface area contributed by atoms with E-state index in [1.807, 2.05) is 29.2 Å². The van der Waals surface area contributed by atoms with Gasteiger partial charge in [-0.05, 0) is 55.5 Å². The predicted molar refractivity (Wildman–Crippen MR) is 123 cm³/mol. The number of aromatic amines is 1. The van der Waals surface area contributed by atoms with Gasteiger partial charge < -0.3 is 19.4 Å². The van der Waals surface area contributed by atoms with E-state index >= 15 is 0 Å². The number of amides is 1. The number of nitrogens with one attached hydrogen (secondary N) is 1. The summed E-state index contributed by atoms with van der Waals surface area (Å²) in [6.07, 6.45) is 6.56. The summed E-state index contributed by atoms with van der Waals surface area (Å²) in [5, 5.41) is 0. The zero-order chi connectivity index (χ0) is 22.6. The largest absolute Gasteiger partial charge is 0.490 e. The number of piperidine rings is 1. The van der Waals surface area contributed by atoms with Crippen LogP contribution in [0.3, 0.4) is 0 Å². The van der Waals surface area contributed by atoms with Crippen LogP contribution >= 0.6 is 0 Å². The van der Waals surface area contributed by atoms with Crippen LogP contribution < -0.4 is 9.47 Å². The van der Waals surface area contributed by atoms with Crippen LogP contribution in [0, 0.1) is 5.82 Å². The molecule has 0 radical (unpaired) electrons. The first-order chi connectivity index (χ1) is 16.2. The number of H-pyrrole nitrogens is 1. The maximum atomic E-state index is 13.6. The molecule has 0 spiro atoms. The Bertz CT molecular complexity index is 1130. The van der Waals surface area contributed by atoms with Gasteiger partial charge in [0.1, 0.15) is 11.6 Å². The van der Waals surface area contributed by atoms with Gasteiger partial charge >= 0.3 is 0 Å². The number of carbonyl (C=O) groups excluding carboxylic acids is 1. The molecule has 2 aliphatic rings. The van der Waals surface area contributed by atoms with E-state index in [9.17, 15) is 9.18 Å². The van der Waals surface area contributed by atoms with Gasteiger partial charge in [0, 0.05) is 24.9 Å². The normalized spacial score (nSPS) is 18.1. The number of carbonyl (C=O) groups is 1. The van der Waals surface area contributed by atoms with Crippen molar-refractivity contribution in [3.05, 3.63) is 65.9 Å². The second kappa shape index (κ2) is 9.65. The molecule has 2 aliphatic heterocycles. The molecule has 3 aromatic rings. The third-order valence-corrected chi connectivity index (χ3v) is 6.31. The van der Waals surface area contributed by atoms with Gasteiger partial charge in [0.15, 0.2) is 11.5 Å².